The minimum atomic E-state index is -3.48. The number of para-hydroxylation sites is 1. The van der Waals surface area contributed by atoms with E-state index in [-0.39, 0.29) is 43.0 Å². The Morgan fingerprint density at radius 3 is 2.30 bits per heavy atom. The monoisotopic (exact) mass is 522 g/mol. The summed E-state index contributed by atoms with van der Waals surface area (Å²) in [7, 11) is -3.48. The molecule has 1 heterocycles. The van der Waals surface area contributed by atoms with E-state index in [2.05, 4.69) is 41.0 Å². The molecule has 0 amide bonds. The summed E-state index contributed by atoms with van der Waals surface area (Å²) < 4.78 is 27.2. The SMILES string of the molecule is CCc1cccc(CC)c1NC(N)=NCCNS(=O)(=O)c1ccc(C)s1.I. The molecule has 0 atom stereocenters. The lowest BCUT2D eigenvalue weighted by Crippen LogP contribution is -2.28. The highest BCUT2D eigenvalue weighted by Gasteiger charge is 2.15. The molecule has 0 saturated carbocycles. The van der Waals surface area contributed by atoms with Crippen molar-refractivity contribution < 1.29 is 8.42 Å². The number of halogens is 1. The van der Waals surface area contributed by atoms with E-state index in [0.29, 0.717) is 4.21 Å². The first-order valence-electron chi connectivity index (χ1n) is 8.61. The predicted molar refractivity (Wildman–Crippen MR) is 125 cm³/mol. The van der Waals surface area contributed by atoms with E-state index >= 15 is 0 Å². The Morgan fingerprint density at radius 2 is 1.78 bits per heavy atom. The number of nitrogens with zero attached hydrogens (tertiary/aromatic N) is 1. The van der Waals surface area contributed by atoms with E-state index in [4.69, 9.17) is 5.73 Å². The quantitative estimate of drug-likeness (QED) is 0.214. The Kier molecular flexibility index (Phi) is 9.71. The highest BCUT2D eigenvalue weighted by Crippen LogP contribution is 2.22. The number of thiophene rings is 1. The number of sulfonamides is 1. The minimum absolute atomic E-state index is 0. The minimum Gasteiger partial charge on any atom is -0.370 e. The van der Waals surface area contributed by atoms with Crippen LogP contribution in [0.2, 0.25) is 0 Å². The number of aryl methyl sites for hydroxylation is 3. The van der Waals surface area contributed by atoms with Crippen molar-refractivity contribution in [2.75, 3.05) is 18.4 Å². The third-order valence-electron chi connectivity index (χ3n) is 3.92. The molecule has 0 unspecified atom stereocenters. The first kappa shape index (κ1) is 23.9. The number of benzene rings is 1. The van der Waals surface area contributed by atoms with Gasteiger partial charge in [0.15, 0.2) is 5.96 Å². The summed E-state index contributed by atoms with van der Waals surface area (Å²) in [5, 5.41) is 3.17. The Labute approximate surface area is 182 Å². The van der Waals surface area contributed by atoms with E-state index in [1.807, 2.05) is 13.0 Å². The van der Waals surface area contributed by atoms with Gasteiger partial charge in [-0.2, -0.15) is 0 Å². The molecular formula is C18H27IN4O2S2. The zero-order valence-corrected chi connectivity index (χ0v) is 19.7. The average molecular weight is 522 g/mol. The molecule has 150 valence electrons. The molecule has 0 aliphatic heterocycles. The van der Waals surface area contributed by atoms with Crippen LogP contribution in [0.5, 0.6) is 0 Å². The third-order valence-corrected chi connectivity index (χ3v) is 6.87. The molecule has 0 saturated heterocycles. The van der Waals surface area contributed by atoms with Crippen LogP contribution in [0.15, 0.2) is 39.5 Å². The molecular weight excluding hydrogens is 495 g/mol. The summed E-state index contributed by atoms with van der Waals surface area (Å²) in [6.45, 7) is 6.51. The van der Waals surface area contributed by atoms with Crippen molar-refractivity contribution >= 4 is 57.0 Å². The maximum absolute atomic E-state index is 12.2. The lowest BCUT2D eigenvalue weighted by Gasteiger charge is -2.14. The van der Waals surface area contributed by atoms with Gasteiger partial charge >= 0.3 is 0 Å². The van der Waals surface area contributed by atoms with Gasteiger partial charge < -0.3 is 11.1 Å². The van der Waals surface area contributed by atoms with Crippen molar-refractivity contribution in [2.24, 2.45) is 10.7 Å². The lowest BCUT2D eigenvalue weighted by atomic mass is 10.0. The number of guanidine groups is 1. The second kappa shape index (κ2) is 11.0. The lowest BCUT2D eigenvalue weighted by molar-refractivity contribution is 0.584. The topological polar surface area (TPSA) is 96.6 Å². The first-order chi connectivity index (χ1) is 12.4. The molecule has 4 N–H and O–H groups in total. The number of nitrogens with one attached hydrogen (secondary N) is 2. The molecule has 27 heavy (non-hydrogen) atoms. The van der Waals surface area contributed by atoms with Crippen molar-refractivity contribution in [1.82, 2.24) is 4.72 Å². The van der Waals surface area contributed by atoms with Crippen LogP contribution in [0.4, 0.5) is 5.69 Å². The summed E-state index contributed by atoms with van der Waals surface area (Å²) in [6, 6.07) is 9.56. The van der Waals surface area contributed by atoms with Crippen LogP contribution in [0, 0.1) is 6.92 Å². The molecule has 6 nitrogen and oxygen atoms in total. The highest BCUT2D eigenvalue weighted by molar-refractivity contribution is 14.0. The molecule has 0 aliphatic carbocycles. The summed E-state index contributed by atoms with van der Waals surface area (Å²) in [4.78, 5) is 5.19. The van der Waals surface area contributed by atoms with Crippen LogP contribution in [-0.2, 0) is 22.9 Å². The number of aliphatic imine (C=N–C) groups is 1. The van der Waals surface area contributed by atoms with E-state index in [1.165, 1.54) is 22.5 Å². The molecule has 2 rings (SSSR count). The summed E-state index contributed by atoms with van der Waals surface area (Å²) in [5.41, 5.74) is 9.33. The van der Waals surface area contributed by atoms with Gasteiger partial charge in [-0.05, 0) is 43.0 Å². The fourth-order valence-corrected chi connectivity index (χ4v) is 4.90. The largest absolute Gasteiger partial charge is 0.370 e. The van der Waals surface area contributed by atoms with Gasteiger partial charge in [0, 0.05) is 17.1 Å². The summed E-state index contributed by atoms with van der Waals surface area (Å²) >= 11 is 1.25. The van der Waals surface area contributed by atoms with Gasteiger partial charge in [0.05, 0.1) is 6.54 Å². The zero-order valence-electron chi connectivity index (χ0n) is 15.8. The molecule has 0 bridgehead atoms. The highest BCUT2D eigenvalue weighted by atomic mass is 127. The van der Waals surface area contributed by atoms with Crippen LogP contribution >= 0.6 is 35.3 Å². The maximum atomic E-state index is 12.2. The van der Waals surface area contributed by atoms with Gasteiger partial charge in [0.2, 0.25) is 10.0 Å². The Balaban J connectivity index is 0.00000364. The predicted octanol–water partition coefficient (Wildman–Crippen LogP) is 3.50. The molecule has 0 spiro atoms. The molecule has 0 aliphatic rings. The molecule has 1 aromatic heterocycles. The molecule has 0 fully saturated rings. The second-order valence-electron chi connectivity index (χ2n) is 5.81. The number of hydrogen-bond donors (Lipinski definition) is 3. The normalized spacial score (nSPS) is 11.9. The molecule has 9 heteroatoms. The van der Waals surface area contributed by atoms with E-state index < -0.39 is 10.0 Å². The maximum Gasteiger partial charge on any atom is 0.250 e. The summed E-state index contributed by atoms with van der Waals surface area (Å²) in [5.74, 6) is 0.284. The molecule has 0 radical (unpaired) electrons. The standard InChI is InChI=1S/C18H26N4O2S2.HI/c1-4-14-7-6-8-15(5-2)17(14)22-18(19)20-11-12-21-26(23,24)16-10-9-13(3)25-16;/h6-10,21H,4-5,11-12H2,1-3H3,(H3,19,20,22);1H. The van der Waals surface area contributed by atoms with E-state index in [9.17, 15) is 8.42 Å². The first-order valence-corrected chi connectivity index (χ1v) is 10.9. The zero-order chi connectivity index (χ0) is 19.2. The van der Waals surface area contributed by atoms with Crippen molar-refractivity contribution in [3.63, 3.8) is 0 Å². The van der Waals surface area contributed by atoms with Crippen LogP contribution in [0.25, 0.3) is 0 Å². The van der Waals surface area contributed by atoms with Crippen LogP contribution < -0.4 is 15.8 Å². The van der Waals surface area contributed by atoms with E-state index in [0.717, 1.165) is 23.4 Å². The average Bonchev–Trinajstić information content (AvgIpc) is 3.06. The van der Waals surface area contributed by atoms with Crippen molar-refractivity contribution in [3.05, 3.63) is 46.3 Å². The molecule has 1 aromatic carbocycles. The smallest absolute Gasteiger partial charge is 0.250 e. The van der Waals surface area contributed by atoms with Gasteiger partial charge in [0.25, 0.3) is 0 Å². The van der Waals surface area contributed by atoms with Gasteiger partial charge in [-0.3, -0.25) is 4.99 Å². The fraction of sp³-hybridized carbons (Fsp3) is 0.389. The third kappa shape index (κ3) is 6.74. The summed E-state index contributed by atoms with van der Waals surface area (Å²) in [6.07, 6.45) is 1.78. The number of anilines is 1. The number of rotatable bonds is 8. The molecule has 2 aromatic rings. The Morgan fingerprint density at radius 1 is 1.15 bits per heavy atom. The van der Waals surface area contributed by atoms with Crippen molar-refractivity contribution in [1.29, 1.82) is 0 Å². The number of nitrogens with two attached hydrogens (primary N) is 1. The Hall–Kier alpha value is -1.17. The fourth-order valence-electron chi connectivity index (χ4n) is 2.55. The Bertz CT molecular complexity index is 857. The van der Waals surface area contributed by atoms with Crippen LogP contribution in [0.3, 0.4) is 0 Å². The van der Waals surface area contributed by atoms with Gasteiger partial charge in [-0.1, -0.05) is 32.0 Å². The van der Waals surface area contributed by atoms with Crippen LogP contribution in [-0.4, -0.2) is 27.5 Å². The van der Waals surface area contributed by atoms with Crippen molar-refractivity contribution in [2.45, 2.75) is 37.8 Å². The second-order valence-corrected chi connectivity index (χ2v) is 9.09. The van der Waals surface area contributed by atoms with Gasteiger partial charge in [0.1, 0.15) is 4.21 Å². The van der Waals surface area contributed by atoms with Gasteiger partial charge in [-0.15, -0.1) is 35.3 Å². The number of hydrogen-bond acceptors (Lipinski definition) is 4. The van der Waals surface area contributed by atoms with Crippen molar-refractivity contribution in [3.8, 4) is 0 Å². The van der Waals surface area contributed by atoms with Crippen LogP contribution in [0.1, 0.15) is 29.9 Å². The van der Waals surface area contributed by atoms with E-state index in [1.54, 1.807) is 12.1 Å². The van der Waals surface area contributed by atoms with Gasteiger partial charge in [-0.25, -0.2) is 13.1 Å².